The number of nitrogens with one attached hydrogen (secondary N) is 1. The number of hydrogen-bond donors (Lipinski definition) is 2. The number of nitrogen functional groups attached to an aromatic ring is 1. The maximum absolute atomic E-state index is 7.51. The summed E-state index contributed by atoms with van der Waals surface area (Å²) in [5.41, 5.74) is 9.60. The molecule has 2 rings (SSSR count). The van der Waals surface area contributed by atoms with Crippen LogP contribution in [0.4, 0.5) is 0 Å². The molecule has 0 bridgehead atoms. The molecule has 0 aliphatic carbocycles. The monoisotopic (exact) mass is 255 g/mol. The topological polar surface area (TPSA) is 62.8 Å². The highest BCUT2D eigenvalue weighted by atomic mass is 14.8. The van der Waals surface area contributed by atoms with Gasteiger partial charge in [0.25, 0.3) is 0 Å². The van der Waals surface area contributed by atoms with Crippen LogP contribution in [0.15, 0.2) is 24.3 Å². The van der Waals surface area contributed by atoms with Gasteiger partial charge in [0, 0.05) is 5.39 Å². The van der Waals surface area contributed by atoms with Crippen LogP contribution < -0.4 is 5.73 Å². The van der Waals surface area contributed by atoms with E-state index in [1.54, 1.807) is 0 Å². The molecule has 0 aliphatic rings. The van der Waals surface area contributed by atoms with E-state index in [0.29, 0.717) is 17.5 Å². The van der Waals surface area contributed by atoms with Gasteiger partial charge < -0.3 is 5.73 Å². The quantitative estimate of drug-likeness (QED) is 0.648. The minimum atomic E-state index is 0.0181. The molecule has 0 fully saturated rings. The lowest BCUT2D eigenvalue weighted by atomic mass is 9.92. The zero-order valence-corrected chi connectivity index (χ0v) is 12.0. The highest BCUT2D eigenvalue weighted by molar-refractivity contribution is 5.96. The van der Waals surface area contributed by atoms with Gasteiger partial charge in [0.05, 0.1) is 5.52 Å². The molecule has 0 amide bonds. The normalized spacial score (nSPS) is 11.5. The second kappa shape index (κ2) is 5.00. The first-order valence-electron chi connectivity index (χ1n) is 6.69. The summed E-state index contributed by atoms with van der Waals surface area (Å²) < 4.78 is 0. The van der Waals surface area contributed by atoms with Crippen LogP contribution in [0.3, 0.4) is 0 Å². The van der Waals surface area contributed by atoms with Gasteiger partial charge >= 0.3 is 0 Å². The molecule has 19 heavy (non-hydrogen) atoms. The number of benzene rings is 1. The van der Waals surface area contributed by atoms with Crippen LogP contribution in [0.25, 0.3) is 10.9 Å². The van der Waals surface area contributed by atoms with Gasteiger partial charge in [-0.05, 0) is 35.1 Å². The van der Waals surface area contributed by atoms with E-state index in [1.165, 1.54) is 11.1 Å². The molecule has 3 nitrogen and oxygen atoms in total. The number of fused-ring (bicyclic) bond motifs is 1. The minimum Gasteiger partial charge on any atom is -0.382 e. The molecular formula is C16H21N3. The fourth-order valence-corrected chi connectivity index (χ4v) is 2.21. The molecule has 0 radical (unpaired) electrons. The molecule has 1 aromatic heterocycles. The average molecular weight is 255 g/mol. The zero-order chi connectivity index (χ0) is 14.2. The third kappa shape index (κ3) is 2.60. The summed E-state index contributed by atoms with van der Waals surface area (Å²) in [6, 6.07) is 8.24. The maximum atomic E-state index is 7.51. The van der Waals surface area contributed by atoms with Gasteiger partial charge in [0.1, 0.15) is 11.5 Å². The maximum Gasteiger partial charge on any atom is 0.141 e. The number of hydrogen-bond acceptors (Lipinski definition) is 2. The second-order valence-corrected chi connectivity index (χ2v) is 5.60. The van der Waals surface area contributed by atoms with Crippen molar-refractivity contribution in [3.63, 3.8) is 0 Å². The van der Waals surface area contributed by atoms with E-state index in [9.17, 15) is 0 Å². The SMILES string of the molecule is CC(C)c1cc(C(C)C)c2nc(C(=N)N)ccc2c1. The van der Waals surface area contributed by atoms with Crippen LogP contribution in [0, 0.1) is 5.41 Å². The molecule has 0 atom stereocenters. The summed E-state index contributed by atoms with van der Waals surface area (Å²) in [7, 11) is 0. The molecule has 0 aliphatic heterocycles. The van der Waals surface area contributed by atoms with E-state index < -0.39 is 0 Å². The molecule has 3 heteroatoms. The van der Waals surface area contributed by atoms with Gasteiger partial charge in [-0.1, -0.05) is 39.8 Å². The third-order valence-electron chi connectivity index (χ3n) is 3.41. The number of rotatable bonds is 3. The second-order valence-electron chi connectivity index (χ2n) is 5.60. The Kier molecular flexibility index (Phi) is 3.56. The zero-order valence-electron chi connectivity index (χ0n) is 12.0. The van der Waals surface area contributed by atoms with Crippen molar-refractivity contribution >= 4 is 16.7 Å². The van der Waals surface area contributed by atoms with E-state index >= 15 is 0 Å². The van der Waals surface area contributed by atoms with Gasteiger partial charge in [-0.3, -0.25) is 5.41 Å². The summed E-state index contributed by atoms with van der Waals surface area (Å²) >= 11 is 0. The highest BCUT2D eigenvalue weighted by Gasteiger charge is 2.12. The molecule has 0 unspecified atom stereocenters. The molecule has 0 spiro atoms. The smallest absolute Gasteiger partial charge is 0.141 e. The molecule has 100 valence electrons. The molecule has 0 saturated heterocycles. The van der Waals surface area contributed by atoms with Crippen molar-refractivity contribution in [1.29, 1.82) is 5.41 Å². The van der Waals surface area contributed by atoms with Crippen LogP contribution in [-0.2, 0) is 0 Å². The number of amidine groups is 1. The van der Waals surface area contributed by atoms with E-state index in [-0.39, 0.29) is 5.84 Å². The molecule has 1 aromatic carbocycles. The van der Waals surface area contributed by atoms with E-state index in [4.69, 9.17) is 11.1 Å². The lowest BCUT2D eigenvalue weighted by molar-refractivity contribution is 0.839. The fraction of sp³-hybridized carbons (Fsp3) is 0.375. The van der Waals surface area contributed by atoms with Crippen molar-refractivity contribution in [3.05, 3.63) is 41.1 Å². The first-order valence-corrected chi connectivity index (χ1v) is 6.69. The average Bonchev–Trinajstić information content (AvgIpc) is 2.36. The Labute approximate surface area is 114 Å². The Bertz CT molecular complexity index is 627. The summed E-state index contributed by atoms with van der Waals surface area (Å²) in [6.07, 6.45) is 0. The van der Waals surface area contributed by atoms with Crippen LogP contribution in [0.2, 0.25) is 0 Å². The number of pyridine rings is 1. The molecular weight excluding hydrogens is 234 g/mol. The van der Waals surface area contributed by atoms with Crippen LogP contribution in [0.5, 0.6) is 0 Å². The standard InChI is InChI=1S/C16H21N3/c1-9(2)12-7-11-5-6-14(16(17)18)19-15(11)13(8-12)10(3)4/h5-10H,1-4H3,(H3,17,18). The van der Waals surface area contributed by atoms with Crippen molar-refractivity contribution in [2.75, 3.05) is 0 Å². The highest BCUT2D eigenvalue weighted by Crippen LogP contribution is 2.29. The number of nitrogens with two attached hydrogens (primary N) is 1. The van der Waals surface area contributed by atoms with Gasteiger partial charge in [-0.25, -0.2) is 4.98 Å². The van der Waals surface area contributed by atoms with Crippen molar-refractivity contribution < 1.29 is 0 Å². The molecule has 0 saturated carbocycles. The van der Waals surface area contributed by atoms with Crippen LogP contribution in [-0.4, -0.2) is 10.8 Å². The summed E-state index contributed by atoms with van der Waals surface area (Å²) in [5, 5.41) is 8.64. The number of nitrogens with zero attached hydrogens (tertiary/aromatic N) is 1. The first kappa shape index (κ1) is 13.5. The lowest BCUT2D eigenvalue weighted by Gasteiger charge is -2.15. The molecule has 1 heterocycles. The Hall–Kier alpha value is -1.90. The van der Waals surface area contributed by atoms with Crippen LogP contribution >= 0.6 is 0 Å². The molecule has 3 N–H and O–H groups in total. The Morgan fingerprint density at radius 2 is 1.79 bits per heavy atom. The Morgan fingerprint density at radius 1 is 1.11 bits per heavy atom. The van der Waals surface area contributed by atoms with Gasteiger partial charge in [-0.2, -0.15) is 0 Å². The van der Waals surface area contributed by atoms with E-state index in [2.05, 4.69) is 44.8 Å². The van der Waals surface area contributed by atoms with Crippen molar-refractivity contribution in [2.24, 2.45) is 5.73 Å². The van der Waals surface area contributed by atoms with Gasteiger partial charge in [0.15, 0.2) is 0 Å². The molecule has 2 aromatic rings. The van der Waals surface area contributed by atoms with Gasteiger partial charge in [0.2, 0.25) is 0 Å². The summed E-state index contributed by atoms with van der Waals surface area (Å²) in [4.78, 5) is 4.55. The third-order valence-corrected chi connectivity index (χ3v) is 3.41. The van der Waals surface area contributed by atoms with Crippen LogP contribution in [0.1, 0.15) is 56.4 Å². The first-order chi connectivity index (χ1) is 8.90. The van der Waals surface area contributed by atoms with Gasteiger partial charge in [-0.15, -0.1) is 0 Å². The number of aromatic nitrogens is 1. The Balaban J connectivity index is 2.76. The van der Waals surface area contributed by atoms with Crippen molar-refractivity contribution in [1.82, 2.24) is 4.98 Å². The fourth-order valence-electron chi connectivity index (χ4n) is 2.21. The Morgan fingerprint density at radius 3 is 2.32 bits per heavy atom. The predicted octanol–water partition coefficient (Wildman–Crippen LogP) is 3.77. The van der Waals surface area contributed by atoms with E-state index in [0.717, 1.165) is 10.9 Å². The lowest BCUT2D eigenvalue weighted by Crippen LogP contribution is -2.13. The summed E-state index contributed by atoms with van der Waals surface area (Å²) in [6.45, 7) is 8.73. The minimum absolute atomic E-state index is 0.0181. The van der Waals surface area contributed by atoms with Crippen molar-refractivity contribution in [3.8, 4) is 0 Å². The van der Waals surface area contributed by atoms with Crippen molar-refractivity contribution in [2.45, 2.75) is 39.5 Å². The largest absolute Gasteiger partial charge is 0.382 e. The summed E-state index contributed by atoms with van der Waals surface area (Å²) in [5.74, 6) is 0.912. The predicted molar refractivity (Wildman–Crippen MR) is 80.9 cm³/mol. The van der Waals surface area contributed by atoms with E-state index in [1.807, 2.05) is 12.1 Å².